The number of rotatable bonds is 4. The number of hydrogen-bond donors (Lipinski definition) is 2. The van der Waals surface area contributed by atoms with Crippen molar-refractivity contribution in [1.29, 1.82) is 0 Å². The van der Waals surface area contributed by atoms with E-state index in [2.05, 4.69) is 26.0 Å². The van der Waals surface area contributed by atoms with Crippen molar-refractivity contribution in [3.63, 3.8) is 0 Å². The minimum atomic E-state index is 0.134. The number of anilines is 1. The molecule has 1 aromatic rings. The predicted octanol–water partition coefficient (Wildman–Crippen LogP) is 2.41. The van der Waals surface area contributed by atoms with Crippen LogP contribution in [-0.2, 0) is 4.74 Å². The van der Waals surface area contributed by atoms with Gasteiger partial charge in [-0.15, -0.1) is 0 Å². The maximum absolute atomic E-state index is 8.95. The third-order valence-electron chi connectivity index (χ3n) is 3.60. The molecule has 0 bridgehead atoms. The molecule has 0 saturated carbocycles. The van der Waals surface area contributed by atoms with Crippen LogP contribution in [-0.4, -0.2) is 37.8 Å². The van der Waals surface area contributed by atoms with Gasteiger partial charge in [0.25, 0.3) is 0 Å². The fourth-order valence-electron chi connectivity index (χ4n) is 2.70. The Kier molecular flexibility index (Phi) is 5.25. The molecule has 1 saturated heterocycles. The minimum absolute atomic E-state index is 0.134. The number of benzene rings is 1. The number of halogens is 1. The minimum Gasteiger partial charge on any atom is -0.409 e. The summed E-state index contributed by atoms with van der Waals surface area (Å²) >= 11 is 3.42. The Labute approximate surface area is 127 Å². The number of nitrogens with zero attached hydrogens (tertiary/aromatic N) is 2. The molecule has 0 aromatic heterocycles. The zero-order valence-corrected chi connectivity index (χ0v) is 13.1. The standard InChI is InChI=1S/C14H20BrN3O2/c1-20-9-10-3-2-6-18(8-10)13-5-4-11(15)7-12(13)14(16)17-19/h4-5,7,10,19H,2-3,6,8-9H2,1H3,(H2,16,17). The zero-order valence-electron chi connectivity index (χ0n) is 11.6. The molecule has 1 aromatic carbocycles. The molecule has 1 fully saturated rings. The molecule has 1 aliphatic heterocycles. The number of hydrogen-bond acceptors (Lipinski definition) is 4. The molecule has 1 heterocycles. The third-order valence-corrected chi connectivity index (χ3v) is 4.10. The molecular formula is C14H20BrN3O2. The fourth-order valence-corrected chi connectivity index (χ4v) is 3.06. The van der Waals surface area contributed by atoms with Gasteiger partial charge in [0.05, 0.1) is 6.61 Å². The Morgan fingerprint density at radius 2 is 2.40 bits per heavy atom. The van der Waals surface area contributed by atoms with E-state index in [0.29, 0.717) is 5.92 Å². The molecule has 0 spiro atoms. The summed E-state index contributed by atoms with van der Waals surface area (Å²) in [5, 5.41) is 12.1. The zero-order chi connectivity index (χ0) is 14.5. The molecule has 110 valence electrons. The highest BCUT2D eigenvalue weighted by atomic mass is 79.9. The molecule has 5 nitrogen and oxygen atoms in total. The van der Waals surface area contributed by atoms with Crippen LogP contribution >= 0.6 is 15.9 Å². The van der Waals surface area contributed by atoms with E-state index in [1.807, 2.05) is 18.2 Å². The summed E-state index contributed by atoms with van der Waals surface area (Å²) in [7, 11) is 1.74. The number of piperidine rings is 1. The van der Waals surface area contributed by atoms with Crippen molar-refractivity contribution in [3.8, 4) is 0 Å². The van der Waals surface area contributed by atoms with Crippen molar-refractivity contribution in [2.75, 3.05) is 31.7 Å². The Morgan fingerprint density at radius 3 is 3.10 bits per heavy atom. The van der Waals surface area contributed by atoms with E-state index >= 15 is 0 Å². The van der Waals surface area contributed by atoms with Crippen LogP contribution < -0.4 is 10.6 Å². The Hall–Kier alpha value is -1.27. The van der Waals surface area contributed by atoms with Crippen molar-refractivity contribution in [1.82, 2.24) is 0 Å². The quantitative estimate of drug-likeness (QED) is 0.382. The maximum Gasteiger partial charge on any atom is 0.172 e. The first-order valence-corrected chi connectivity index (χ1v) is 7.46. The molecule has 1 aliphatic rings. The highest BCUT2D eigenvalue weighted by molar-refractivity contribution is 9.10. The van der Waals surface area contributed by atoms with Crippen LogP contribution in [0.1, 0.15) is 18.4 Å². The molecule has 1 atom stereocenters. The van der Waals surface area contributed by atoms with E-state index in [4.69, 9.17) is 15.7 Å². The summed E-state index contributed by atoms with van der Waals surface area (Å²) in [4.78, 5) is 2.28. The molecule has 6 heteroatoms. The number of amidine groups is 1. The molecule has 1 unspecified atom stereocenters. The number of methoxy groups -OCH3 is 1. The van der Waals surface area contributed by atoms with Crippen LogP contribution in [0.3, 0.4) is 0 Å². The van der Waals surface area contributed by atoms with Gasteiger partial charge in [-0.05, 0) is 37.0 Å². The largest absolute Gasteiger partial charge is 0.409 e. The molecular weight excluding hydrogens is 322 g/mol. The normalized spacial score (nSPS) is 20.2. The van der Waals surface area contributed by atoms with Gasteiger partial charge in [0, 0.05) is 35.9 Å². The van der Waals surface area contributed by atoms with Crippen LogP contribution in [0.5, 0.6) is 0 Å². The van der Waals surface area contributed by atoms with Gasteiger partial charge in [-0.25, -0.2) is 0 Å². The van der Waals surface area contributed by atoms with Crippen LogP contribution in [0.2, 0.25) is 0 Å². The van der Waals surface area contributed by atoms with Gasteiger partial charge in [-0.2, -0.15) is 0 Å². The smallest absolute Gasteiger partial charge is 0.172 e. The topological polar surface area (TPSA) is 71.1 Å². The van der Waals surface area contributed by atoms with Crippen molar-refractivity contribution in [3.05, 3.63) is 28.2 Å². The molecule has 0 aliphatic carbocycles. The predicted molar refractivity (Wildman–Crippen MR) is 83.5 cm³/mol. The lowest BCUT2D eigenvalue weighted by molar-refractivity contribution is 0.143. The van der Waals surface area contributed by atoms with E-state index < -0.39 is 0 Å². The van der Waals surface area contributed by atoms with Gasteiger partial charge in [0.2, 0.25) is 0 Å². The third kappa shape index (κ3) is 3.43. The highest BCUT2D eigenvalue weighted by Gasteiger charge is 2.22. The van der Waals surface area contributed by atoms with Crippen molar-refractivity contribution < 1.29 is 9.94 Å². The van der Waals surface area contributed by atoms with Crippen molar-refractivity contribution in [2.45, 2.75) is 12.8 Å². The van der Waals surface area contributed by atoms with Crippen LogP contribution in [0.15, 0.2) is 27.8 Å². The van der Waals surface area contributed by atoms with Crippen molar-refractivity contribution in [2.24, 2.45) is 16.8 Å². The Morgan fingerprint density at radius 1 is 1.60 bits per heavy atom. The monoisotopic (exact) mass is 341 g/mol. The van der Waals surface area contributed by atoms with Gasteiger partial charge in [0.1, 0.15) is 0 Å². The van der Waals surface area contributed by atoms with Gasteiger partial charge in [0.15, 0.2) is 5.84 Å². The van der Waals surface area contributed by atoms with E-state index in [-0.39, 0.29) is 5.84 Å². The lowest BCUT2D eigenvalue weighted by Crippen LogP contribution is -2.38. The van der Waals surface area contributed by atoms with E-state index in [0.717, 1.165) is 41.8 Å². The first-order valence-electron chi connectivity index (χ1n) is 6.67. The van der Waals surface area contributed by atoms with Gasteiger partial charge in [-0.3, -0.25) is 0 Å². The second-order valence-electron chi connectivity index (χ2n) is 5.06. The molecule has 3 N–H and O–H groups in total. The van der Waals surface area contributed by atoms with Gasteiger partial charge >= 0.3 is 0 Å². The highest BCUT2D eigenvalue weighted by Crippen LogP contribution is 2.28. The second kappa shape index (κ2) is 6.95. The molecule has 20 heavy (non-hydrogen) atoms. The van der Waals surface area contributed by atoms with Crippen LogP contribution in [0.4, 0.5) is 5.69 Å². The summed E-state index contributed by atoms with van der Waals surface area (Å²) in [6.07, 6.45) is 2.31. The first-order chi connectivity index (χ1) is 9.65. The summed E-state index contributed by atoms with van der Waals surface area (Å²) in [6.45, 7) is 2.68. The molecule has 0 radical (unpaired) electrons. The van der Waals surface area contributed by atoms with E-state index in [9.17, 15) is 0 Å². The Bertz CT molecular complexity index is 491. The fraction of sp³-hybridized carbons (Fsp3) is 0.500. The lowest BCUT2D eigenvalue weighted by Gasteiger charge is -2.35. The number of oxime groups is 1. The second-order valence-corrected chi connectivity index (χ2v) is 5.97. The lowest BCUT2D eigenvalue weighted by atomic mass is 9.97. The Balaban J connectivity index is 2.27. The average molecular weight is 342 g/mol. The SMILES string of the molecule is COCC1CCCN(c2ccc(Br)cc2/C(N)=N/O)C1. The van der Waals surface area contributed by atoms with Crippen LogP contribution in [0.25, 0.3) is 0 Å². The maximum atomic E-state index is 8.95. The number of nitrogens with two attached hydrogens (primary N) is 1. The summed E-state index contributed by atoms with van der Waals surface area (Å²) in [5.41, 5.74) is 7.55. The van der Waals surface area contributed by atoms with E-state index in [1.54, 1.807) is 7.11 Å². The van der Waals surface area contributed by atoms with E-state index in [1.165, 1.54) is 6.42 Å². The summed E-state index contributed by atoms with van der Waals surface area (Å²) in [5.74, 6) is 0.660. The van der Waals surface area contributed by atoms with Gasteiger partial charge < -0.3 is 20.6 Å². The summed E-state index contributed by atoms with van der Waals surface area (Å²) in [6, 6.07) is 5.86. The molecule has 0 amide bonds. The number of ether oxygens (including phenoxy) is 1. The van der Waals surface area contributed by atoms with Crippen molar-refractivity contribution >= 4 is 27.5 Å². The average Bonchev–Trinajstić information content (AvgIpc) is 2.47. The van der Waals surface area contributed by atoms with Crippen LogP contribution in [0, 0.1) is 5.92 Å². The van der Waals surface area contributed by atoms with Gasteiger partial charge in [-0.1, -0.05) is 21.1 Å². The first kappa shape index (κ1) is 15.1. The summed E-state index contributed by atoms with van der Waals surface area (Å²) < 4.78 is 6.17. The molecule has 2 rings (SSSR count).